The molecule has 0 aliphatic carbocycles. The number of hydrogen-bond acceptors (Lipinski definition) is 5. The highest BCUT2D eigenvalue weighted by Gasteiger charge is 2.40. The molecule has 3 aromatic carbocycles. The molecule has 4 aromatic rings. The molecule has 0 amide bonds. The maximum atomic E-state index is 14.1. The molecule has 37 heavy (non-hydrogen) atoms. The number of halogens is 3. The van der Waals surface area contributed by atoms with Gasteiger partial charge >= 0.3 is 6.18 Å². The number of hydrazone groups is 2. The van der Waals surface area contributed by atoms with Crippen molar-refractivity contribution in [3.8, 4) is 0 Å². The maximum Gasteiger partial charge on any atom is 0.438 e. The molecule has 2 aliphatic heterocycles. The molecule has 0 radical (unpaired) electrons. The number of nitrogens with zero attached hydrogens (tertiary/aromatic N) is 4. The molecule has 0 bridgehead atoms. The van der Waals surface area contributed by atoms with Gasteiger partial charge in [0.15, 0.2) is 5.76 Å². The lowest BCUT2D eigenvalue weighted by Gasteiger charge is -2.27. The van der Waals surface area contributed by atoms with Gasteiger partial charge in [0.25, 0.3) is 0 Å². The number of hydrogen-bond donors (Lipinski definition) is 0. The van der Waals surface area contributed by atoms with Crippen LogP contribution >= 0.6 is 0 Å². The largest absolute Gasteiger partial charge is 0.454 e. The van der Waals surface area contributed by atoms with Crippen molar-refractivity contribution in [1.29, 1.82) is 0 Å². The topological polar surface area (TPSA) is 44.3 Å². The summed E-state index contributed by atoms with van der Waals surface area (Å²) >= 11 is 0. The summed E-state index contributed by atoms with van der Waals surface area (Å²) in [6.45, 7) is 1.23. The van der Waals surface area contributed by atoms with Crippen LogP contribution in [-0.4, -0.2) is 31.2 Å². The van der Waals surface area contributed by atoms with E-state index in [0.29, 0.717) is 23.2 Å². The molecule has 0 N–H and O–H groups in total. The fourth-order valence-electron chi connectivity index (χ4n) is 5.01. The molecule has 0 saturated carbocycles. The highest BCUT2D eigenvalue weighted by atomic mass is 19.4. The molecular formula is C29H25F3N4O. The fraction of sp³-hybridized carbons (Fsp3) is 0.241. The fourth-order valence-corrected chi connectivity index (χ4v) is 5.01. The van der Waals surface area contributed by atoms with E-state index in [1.165, 1.54) is 16.6 Å². The zero-order valence-electron chi connectivity index (χ0n) is 20.1. The van der Waals surface area contributed by atoms with Crippen molar-refractivity contribution in [1.82, 2.24) is 0 Å². The van der Waals surface area contributed by atoms with Gasteiger partial charge in [0.05, 0.1) is 17.6 Å². The van der Waals surface area contributed by atoms with Gasteiger partial charge < -0.3 is 4.42 Å². The zero-order valence-corrected chi connectivity index (χ0v) is 20.1. The first-order valence-electron chi connectivity index (χ1n) is 12.4. The third-order valence-corrected chi connectivity index (χ3v) is 6.78. The Morgan fingerprint density at radius 3 is 2.16 bits per heavy atom. The number of rotatable bonds is 4. The van der Waals surface area contributed by atoms with Crippen molar-refractivity contribution in [2.24, 2.45) is 10.2 Å². The Morgan fingerprint density at radius 2 is 1.46 bits per heavy atom. The van der Waals surface area contributed by atoms with Gasteiger partial charge in [-0.1, -0.05) is 36.4 Å². The summed E-state index contributed by atoms with van der Waals surface area (Å²) in [4.78, 5) is 0. The van der Waals surface area contributed by atoms with Gasteiger partial charge in [-0.2, -0.15) is 23.4 Å². The number of aryl methyl sites for hydroxylation is 2. The van der Waals surface area contributed by atoms with Crippen molar-refractivity contribution in [2.75, 3.05) is 23.1 Å². The lowest BCUT2D eigenvalue weighted by Crippen LogP contribution is -2.31. The summed E-state index contributed by atoms with van der Waals surface area (Å²) < 4.78 is 48.1. The normalized spacial score (nSPS) is 16.4. The van der Waals surface area contributed by atoms with Crippen LogP contribution in [0, 0.1) is 0 Å². The number of furan rings is 1. The molecule has 0 atom stereocenters. The molecule has 0 fully saturated rings. The molecule has 6 rings (SSSR count). The van der Waals surface area contributed by atoms with Crippen molar-refractivity contribution < 1.29 is 17.6 Å². The lowest BCUT2D eigenvalue weighted by atomic mass is 10.0. The van der Waals surface area contributed by atoms with E-state index in [9.17, 15) is 13.2 Å². The standard InChI is InChI=1S/C29H25F3N4O/c30-29(31,32)28(34-36-16-6-10-22-8-2-4-12-25(22)36)27-18-23-17-20(13-14-26(23)37-27)19-33-35-15-5-9-21-7-1-3-11-24(21)35/h1-4,7-8,11-14,17-19H,5-6,9-10,15-16H2/b33-19+,34-28-. The van der Waals surface area contributed by atoms with Gasteiger partial charge in [0, 0.05) is 18.5 Å². The van der Waals surface area contributed by atoms with Crippen LogP contribution in [0.1, 0.15) is 35.3 Å². The number of benzene rings is 3. The van der Waals surface area contributed by atoms with E-state index in [4.69, 9.17) is 4.42 Å². The predicted molar refractivity (Wildman–Crippen MR) is 141 cm³/mol. The maximum absolute atomic E-state index is 14.1. The van der Waals surface area contributed by atoms with Gasteiger partial charge in [-0.25, -0.2) is 0 Å². The van der Waals surface area contributed by atoms with Crippen LogP contribution in [0.2, 0.25) is 0 Å². The number of anilines is 2. The molecule has 8 heteroatoms. The van der Waals surface area contributed by atoms with Crippen LogP contribution in [0.4, 0.5) is 24.5 Å². The number of para-hydroxylation sites is 2. The van der Waals surface area contributed by atoms with E-state index in [2.05, 4.69) is 22.3 Å². The van der Waals surface area contributed by atoms with Crippen molar-refractivity contribution in [3.63, 3.8) is 0 Å². The Bertz CT molecular complexity index is 1500. The summed E-state index contributed by atoms with van der Waals surface area (Å²) in [5.41, 5.74) is 4.14. The molecular weight excluding hydrogens is 477 g/mol. The molecule has 0 unspecified atom stereocenters. The van der Waals surface area contributed by atoms with Crippen molar-refractivity contribution >= 4 is 34.3 Å². The summed E-state index contributed by atoms with van der Waals surface area (Å²) in [5.74, 6) is -0.301. The average Bonchev–Trinajstić information content (AvgIpc) is 3.32. The first-order chi connectivity index (χ1) is 18.0. The zero-order chi connectivity index (χ0) is 25.4. The molecule has 0 saturated heterocycles. The second-order valence-electron chi connectivity index (χ2n) is 9.31. The third-order valence-electron chi connectivity index (χ3n) is 6.78. The Labute approximate surface area is 212 Å². The quantitative estimate of drug-likeness (QED) is 0.284. The first kappa shape index (κ1) is 23.3. The van der Waals surface area contributed by atoms with Crippen LogP contribution in [0.25, 0.3) is 11.0 Å². The van der Waals surface area contributed by atoms with Crippen molar-refractivity contribution in [2.45, 2.75) is 31.9 Å². The van der Waals surface area contributed by atoms with Crippen LogP contribution in [0.5, 0.6) is 0 Å². The molecule has 0 spiro atoms. The first-order valence-corrected chi connectivity index (χ1v) is 12.4. The second kappa shape index (κ2) is 9.42. The van der Waals surface area contributed by atoms with Crippen LogP contribution in [0.15, 0.2) is 87.4 Å². The molecule has 3 heterocycles. The minimum atomic E-state index is -4.67. The Kier molecular flexibility index (Phi) is 5.94. The summed E-state index contributed by atoms with van der Waals surface area (Å²) in [5, 5.41) is 12.7. The Hall–Kier alpha value is -4.07. The highest BCUT2D eigenvalue weighted by Crippen LogP contribution is 2.32. The Balaban J connectivity index is 1.31. The van der Waals surface area contributed by atoms with E-state index in [1.807, 2.05) is 35.3 Å². The van der Waals surface area contributed by atoms with Gasteiger partial charge in [0.1, 0.15) is 5.58 Å². The lowest BCUT2D eigenvalue weighted by molar-refractivity contribution is -0.0590. The smallest absolute Gasteiger partial charge is 0.438 e. The number of alkyl halides is 3. The Morgan fingerprint density at radius 1 is 0.811 bits per heavy atom. The minimum Gasteiger partial charge on any atom is -0.454 e. The van der Waals surface area contributed by atoms with E-state index in [0.717, 1.165) is 49.0 Å². The van der Waals surface area contributed by atoms with Gasteiger partial charge in [0.2, 0.25) is 5.71 Å². The van der Waals surface area contributed by atoms with E-state index >= 15 is 0 Å². The number of fused-ring (bicyclic) bond motifs is 3. The monoisotopic (exact) mass is 502 g/mol. The summed E-state index contributed by atoms with van der Waals surface area (Å²) in [6, 6.07) is 22.3. The molecule has 188 valence electrons. The van der Waals surface area contributed by atoms with Gasteiger partial charge in [-0.05, 0) is 78.8 Å². The van der Waals surface area contributed by atoms with Gasteiger partial charge in [-0.15, -0.1) is 0 Å². The van der Waals surface area contributed by atoms with E-state index in [1.54, 1.807) is 30.5 Å². The van der Waals surface area contributed by atoms with Crippen LogP contribution < -0.4 is 10.0 Å². The second-order valence-corrected chi connectivity index (χ2v) is 9.31. The summed E-state index contributed by atoms with van der Waals surface area (Å²) in [7, 11) is 0. The predicted octanol–water partition coefficient (Wildman–Crippen LogP) is 6.94. The SMILES string of the molecule is FC(F)(F)/C(=N\N1CCCc2ccccc21)c1cc2cc(/C=N/N3CCCc4ccccc43)ccc2o1. The van der Waals surface area contributed by atoms with E-state index < -0.39 is 11.9 Å². The average molecular weight is 503 g/mol. The third kappa shape index (κ3) is 4.71. The molecule has 1 aromatic heterocycles. The van der Waals surface area contributed by atoms with E-state index in [-0.39, 0.29) is 5.76 Å². The minimum absolute atomic E-state index is 0.301. The van der Waals surface area contributed by atoms with Crippen LogP contribution in [-0.2, 0) is 12.8 Å². The molecule has 2 aliphatic rings. The molecule has 5 nitrogen and oxygen atoms in total. The van der Waals surface area contributed by atoms with Gasteiger partial charge in [-0.3, -0.25) is 10.0 Å². The highest BCUT2D eigenvalue weighted by molar-refractivity contribution is 6.05. The summed E-state index contributed by atoms with van der Waals surface area (Å²) in [6.07, 6.45) is 0.652. The van der Waals surface area contributed by atoms with Crippen molar-refractivity contribution in [3.05, 3.63) is 95.2 Å². The van der Waals surface area contributed by atoms with Crippen LogP contribution in [0.3, 0.4) is 0 Å².